The molecule has 0 saturated carbocycles. The first-order chi connectivity index (χ1) is 14.7. The monoisotopic (exact) mass is 436 g/mol. The Labute approximate surface area is 172 Å². The van der Waals surface area contributed by atoms with Crippen molar-refractivity contribution in [3.8, 4) is 0 Å². The third kappa shape index (κ3) is 3.25. The van der Waals surface area contributed by atoms with E-state index in [0.29, 0.717) is 0 Å². The fraction of sp³-hybridized carbons (Fsp3) is 0.375. The molecule has 2 aromatic rings. The van der Waals surface area contributed by atoms with E-state index in [1.807, 2.05) is 0 Å². The minimum atomic E-state index is -1.40. The van der Waals surface area contributed by atoms with Gasteiger partial charge in [-0.1, -0.05) is 0 Å². The van der Waals surface area contributed by atoms with Crippen molar-refractivity contribution in [2.45, 2.75) is 24.5 Å². The standard InChI is InChI=1S/C16H16N6O9/c23-4-10-12(24)13(25)16(31-10)20-5-17-11-14(20)18-6-19(15(11)26)8-2-1-7(21(27)28)3-9(8)22(29)30/h1-3,5,10,12-13,16,18,23-25H,4,6H2/t10-,12-,13-,16-/m1/s1. The maximum atomic E-state index is 13.0. The van der Waals surface area contributed by atoms with Gasteiger partial charge in [0, 0.05) is 6.07 Å². The topological polar surface area (TPSA) is 206 Å². The Hall–Kier alpha value is -3.66. The molecule has 164 valence electrons. The lowest BCUT2D eigenvalue weighted by Crippen LogP contribution is -2.41. The van der Waals surface area contributed by atoms with E-state index >= 15 is 0 Å². The highest BCUT2D eigenvalue weighted by atomic mass is 16.6. The average molecular weight is 436 g/mol. The zero-order chi connectivity index (χ0) is 22.4. The van der Waals surface area contributed by atoms with Crippen LogP contribution in [0.4, 0.5) is 22.9 Å². The molecule has 0 aliphatic carbocycles. The van der Waals surface area contributed by atoms with Crippen LogP contribution < -0.4 is 10.2 Å². The zero-order valence-corrected chi connectivity index (χ0v) is 15.6. The second-order valence-corrected chi connectivity index (χ2v) is 6.83. The fourth-order valence-electron chi connectivity index (χ4n) is 3.54. The number of aromatic nitrogens is 2. The molecular formula is C16H16N6O9. The van der Waals surface area contributed by atoms with Crippen molar-refractivity contribution >= 4 is 28.8 Å². The highest BCUT2D eigenvalue weighted by molar-refractivity contribution is 6.10. The number of benzene rings is 1. The van der Waals surface area contributed by atoms with Crippen LogP contribution in [0, 0.1) is 20.2 Å². The highest BCUT2D eigenvalue weighted by Gasteiger charge is 2.45. The van der Waals surface area contributed by atoms with E-state index in [4.69, 9.17) is 4.74 Å². The Balaban J connectivity index is 1.67. The summed E-state index contributed by atoms with van der Waals surface area (Å²) >= 11 is 0. The van der Waals surface area contributed by atoms with Gasteiger partial charge >= 0.3 is 0 Å². The van der Waals surface area contributed by atoms with Gasteiger partial charge in [0.05, 0.1) is 35.5 Å². The molecule has 31 heavy (non-hydrogen) atoms. The number of carbonyl (C=O) groups is 1. The minimum absolute atomic E-state index is 0.139. The molecule has 1 amide bonds. The summed E-state index contributed by atoms with van der Waals surface area (Å²) in [5.41, 5.74) is -1.43. The Kier molecular flexibility index (Phi) is 5.02. The number of imidazole rings is 1. The molecule has 2 aliphatic rings. The molecule has 3 heterocycles. The normalized spacial score (nSPS) is 25.3. The molecule has 0 unspecified atom stereocenters. The number of nitrogens with one attached hydrogen (secondary N) is 1. The molecule has 1 fully saturated rings. The summed E-state index contributed by atoms with van der Waals surface area (Å²) in [6.07, 6.45) is -3.74. The summed E-state index contributed by atoms with van der Waals surface area (Å²) in [4.78, 5) is 38.7. The van der Waals surface area contributed by atoms with Gasteiger partial charge in [0.1, 0.15) is 29.8 Å². The van der Waals surface area contributed by atoms with Gasteiger partial charge in [0.15, 0.2) is 11.9 Å². The first-order valence-corrected chi connectivity index (χ1v) is 8.92. The first kappa shape index (κ1) is 20.6. The molecule has 0 bridgehead atoms. The number of carbonyl (C=O) groups excluding carboxylic acids is 1. The van der Waals surface area contributed by atoms with Crippen LogP contribution in [-0.2, 0) is 4.74 Å². The van der Waals surface area contributed by atoms with Crippen LogP contribution >= 0.6 is 0 Å². The third-order valence-electron chi connectivity index (χ3n) is 5.09. The molecule has 0 radical (unpaired) electrons. The number of anilines is 2. The van der Waals surface area contributed by atoms with Gasteiger partial charge in [-0.2, -0.15) is 0 Å². The summed E-state index contributed by atoms with van der Waals surface area (Å²) < 4.78 is 6.71. The number of hydrogen-bond acceptors (Lipinski definition) is 11. The van der Waals surface area contributed by atoms with Crippen LogP contribution in [0.5, 0.6) is 0 Å². The van der Waals surface area contributed by atoms with Crippen molar-refractivity contribution in [3.63, 3.8) is 0 Å². The number of nitro groups is 2. The SMILES string of the molecule is O=C1c2ncn([C@@H]3O[C@H](CO)[C@@H](O)[C@H]3O)c2NCN1c1ccc([N+](=O)[O-])cc1[N+](=O)[O-]. The number of hydrogen-bond donors (Lipinski definition) is 4. The van der Waals surface area contributed by atoms with E-state index in [0.717, 1.165) is 23.1 Å². The van der Waals surface area contributed by atoms with Gasteiger partial charge in [-0.05, 0) is 6.07 Å². The molecular weight excluding hydrogens is 420 g/mol. The van der Waals surface area contributed by atoms with Gasteiger partial charge in [0.2, 0.25) is 0 Å². The van der Waals surface area contributed by atoms with Gasteiger partial charge in [-0.15, -0.1) is 0 Å². The third-order valence-corrected chi connectivity index (χ3v) is 5.09. The van der Waals surface area contributed by atoms with Gasteiger partial charge in [0.25, 0.3) is 17.3 Å². The second kappa shape index (κ2) is 7.55. The minimum Gasteiger partial charge on any atom is -0.394 e. The number of nitrogens with zero attached hydrogens (tertiary/aromatic N) is 5. The van der Waals surface area contributed by atoms with Crippen molar-refractivity contribution in [2.24, 2.45) is 0 Å². The Morgan fingerprint density at radius 3 is 2.58 bits per heavy atom. The fourth-order valence-corrected chi connectivity index (χ4v) is 3.54. The summed E-state index contributed by atoms with van der Waals surface area (Å²) in [6.45, 7) is -0.777. The highest BCUT2D eigenvalue weighted by Crippen LogP contribution is 2.37. The quantitative estimate of drug-likeness (QED) is 0.342. The maximum absolute atomic E-state index is 13.0. The van der Waals surface area contributed by atoms with Crippen molar-refractivity contribution < 1.29 is 34.7 Å². The Bertz CT molecular complexity index is 1070. The van der Waals surface area contributed by atoms with Crippen molar-refractivity contribution in [1.82, 2.24) is 9.55 Å². The number of fused-ring (bicyclic) bond motifs is 1. The molecule has 4 N–H and O–H groups in total. The Morgan fingerprint density at radius 1 is 1.23 bits per heavy atom. The molecule has 4 rings (SSSR count). The van der Waals surface area contributed by atoms with E-state index in [2.05, 4.69) is 10.3 Å². The molecule has 15 nitrogen and oxygen atoms in total. The van der Waals surface area contributed by atoms with E-state index in [1.54, 1.807) is 0 Å². The smallest absolute Gasteiger partial charge is 0.299 e. The van der Waals surface area contributed by atoms with Crippen molar-refractivity contribution in [3.05, 3.63) is 50.4 Å². The maximum Gasteiger partial charge on any atom is 0.299 e. The van der Waals surface area contributed by atoms with Crippen molar-refractivity contribution in [2.75, 3.05) is 23.5 Å². The molecule has 1 aromatic heterocycles. The molecule has 0 spiro atoms. The summed E-state index contributed by atoms with van der Waals surface area (Å²) in [5, 5.41) is 54.6. The summed E-state index contributed by atoms with van der Waals surface area (Å²) in [7, 11) is 0. The number of ether oxygens (including phenoxy) is 1. The largest absolute Gasteiger partial charge is 0.394 e. The van der Waals surface area contributed by atoms with Crippen LogP contribution in [0.1, 0.15) is 16.7 Å². The molecule has 4 atom stereocenters. The predicted octanol–water partition coefficient (Wildman–Crippen LogP) is -0.659. The van der Waals surface area contributed by atoms with Gasteiger partial charge < -0.3 is 25.4 Å². The van der Waals surface area contributed by atoms with Crippen LogP contribution in [0.3, 0.4) is 0 Å². The summed E-state index contributed by atoms with van der Waals surface area (Å²) in [5.74, 6) is -0.586. The van der Waals surface area contributed by atoms with Crippen LogP contribution in [0.25, 0.3) is 0 Å². The lowest BCUT2D eigenvalue weighted by molar-refractivity contribution is -0.393. The van der Waals surface area contributed by atoms with Crippen molar-refractivity contribution in [1.29, 1.82) is 0 Å². The number of aliphatic hydroxyl groups is 3. The van der Waals surface area contributed by atoms with Gasteiger partial charge in [-0.3, -0.25) is 34.5 Å². The number of amides is 1. The number of rotatable bonds is 5. The van der Waals surface area contributed by atoms with E-state index in [9.17, 15) is 40.3 Å². The van der Waals surface area contributed by atoms with E-state index < -0.39 is 58.3 Å². The Morgan fingerprint density at radius 2 is 1.97 bits per heavy atom. The molecule has 1 aromatic carbocycles. The molecule has 1 saturated heterocycles. The van der Waals surface area contributed by atoms with Crippen LogP contribution in [-0.4, -0.2) is 72.2 Å². The second-order valence-electron chi connectivity index (χ2n) is 6.83. The van der Waals surface area contributed by atoms with E-state index in [-0.39, 0.29) is 23.9 Å². The predicted molar refractivity (Wildman–Crippen MR) is 100 cm³/mol. The van der Waals surface area contributed by atoms with E-state index in [1.165, 1.54) is 10.9 Å². The number of nitro benzene ring substituents is 2. The lowest BCUT2D eigenvalue weighted by Gasteiger charge is -2.29. The van der Waals surface area contributed by atoms with Crippen LogP contribution in [0.2, 0.25) is 0 Å². The zero-order valence-electron chi connectivity index (χ0n) is 15.6. The number of aliphatic hydroxyl groups excluding tert-OH is 3. The lowest BCUT2D eigenvalue weighted by atomic mass is 10.1. The van der Waals surface area contributed by atoms with Crippen LogP contribution in [0.15, 0.2) is 24.5 Å². The first-order valence-electron chi connectivity index (χ1n) is 8.92. The number of non-ortho nitro benzene ring substituents is 1. The molecule has 15 heteroatoms. The summed E-state index contributed by atoms with van der Waals surface area (Å²) in [6, 6.07) is 2.91. The molecule has 2 aliphatic heterocycles. The van der Waals surface area contributed by atoms with Gasteiger partial charge in [-0.25, -0.2) is 4.98 Å². The average Bonchev–Trinajstić information content (AvgIpc) is 3.29.